The van der Waals surface area contributed by atoms with E-state index in [4.69, 9.17) is 0 Å². The van der Waals surface area contributed by atoms with Crippen molar-refractivity contribution in [2.24, 2.45) is 0 Å². The quantitative estimate of drug-likeness (QED) is 0.692. The van der Waals surface area contributed by atoms with Gasteiger partial charge in [-0.15, -0.1) is 0 Å². The van der Waals surface area contributed by atoms with Gasteiger partial charge in [-0.05, 0) is 18.2 Å². The minimum Gasteiger partial charge on any atom is -0.468 e. The second-order valence-corrected chi connectivity index (χ2v) is 4.12. The van der Waals surface area contributed by atoms with Crippen molar-refractivity contribution in [1.82, 2.24) is 4.98 Å². The van der Waals surface area contributed by atoms with Crippen LogP contribution in [0, 0.1) is 0 Å². The number of alkyl halides is 3. The molecule has 0 amide bonds. The van der Waals surface area contributed by atoms with Crippen LogP contribution in [-0.2, 0) is 22.1 Å². The molecule has 0 spiro atoms. The highest BCUT2D eigenvalue weighted by Gasteiger charge is 2.30. The second kappa shape index (κ2) is 5.36. The number of H-pyrrole nitrogens is 1. The van der Waals surface area contributed by atoms with Gasteiger partial charge in [-0.25, -0.2) is 0 Å². The van der Waals surface area contributed by atoms with Crippen molar-refractivity contribution in [3.8, 4) is 0 Å². The van der Waals surface area contributed by atoms with Crippen LogP contribution in [0.5, 0.6) is 0 Å². The zero-order chi connectivity index (χ0) is 14.8. The zero-order valence-electron chi connectivity index (χ0n) is 10.2. The van der Waals surface area contributed by atoms with E-state index in [1.807, 2.05) is 0 Å². The van der Waals surface area contributed by atoms with E-state index >= 15 is 0 Å². The molecule has 106 valence electrons. The van der Waals surface area contributed by atoms with Crippen LogP contribution in [0.15, 0.2) is 29.2 Å². The van der Waals surface area contributed by atoms with E-state index in [0.29, 0.717) is 5.56 Å². The minimum absolute atomic E-state index is 0.0404. The number of ether oxygens (including phenoxy) is 1. The summed E-state index contributed by atoms with van der Waals surface area (Å²) in [5.41, 5.74) is -0.733. The van der Waals surface area contributed by atoms with Crippen LogP contribution in [0.1, 0.15) is 11.1 Å². The number of carbonyl (C=O) groups excluding carboxylic acids is 1. The first-order valence-corrected chi connectivity index (χ1v) is 5.70. The normalized spacial score (nSPS) is 11.6. The number of hydrogen-bond acceptors (Lipinski definition) is 3. The van der Waals surface area contributed by atoms with Crippen LogP contribution in [-0.4, -0.2) is 18.1 Å². The lowest BCUT2D eigenvalue weighted by Gasteiger charge is -2.08. The Bertz CT molecular complexity index is 691. The van der Waals surface area contributed by atoms with E-state index in [9.17, 15) is 22.8 Å². The van der Waals surface area contributed by atoms with E-state index < -0.39 is 11.7 Å². The number of hydrogen-bond donors (Lipinski definition) is 1. The zero-order valence-corrected chi connectivity index (χ0v) is 10.2. The second-order valence-electron chi connectivity index (χ2n) is 4.12. The van der Waals surface area contributed by atoms with Gasteiger partial charge in [0.15, 0.2) is 5.43 Å². The predicted molar refractivity (Wildman–Crippen MR) is 65.3 cm³/mol. The monoisotopic (exact) mass is 285 g/mol. The molecule has 4 nitrogen and oxygen atoms in total. The van der Waals surface area contributed by atoms with Crippen molar-refractivity contribution in [2.45, 2.75) is 12.6 Å². The van der Waals surface area contributed by atoms with Crippen molar-refractivity contribution in [3.63, 3.8) is 0 Å². The molecule has 1 heterocycles. The van der Waals surface area contributed by atoms with E-state index in [0.717, 1.165) is 18.2 Å². The molecule has 0 bridgehead atoms. The van der Waals surface area contributed by atoms with Crippen molar-refractivity contribution in [3.05, 3.63) is 45.7 Å². The van der Waals surface area contributed by atoms with E-state index in [1.54, 1.807) is 0 Å². The average Bonchev–Trinajstić information content (AvgIpc) is 2.40. The molecule has 7 heteroatoms. The fourth-order valence-corrected chi connectivity index (χ4v) is 1.84. The van der Waals surface area contributed by atoms with E-state index in [-0.39, 0.29) is 35.8 Å². The Kier molecular flexibility index (Phi) is 3.78. The summed E-state index contributed by atoms with van der Waals surface area (Å²) in [6, 6.07) is 2.90. The summed E-state index contributed by atoms with van der Waals surface area (Å²) in [5, 5.41) is 0.168. The van der Waals surface area contributed by atoms with Gasteiger partial charge in [0.05, 0.1) is 12.2 Å². The number of rotatable bonds is 4. The summed E-state index contributed by atoms with van der Waals surface area (Å²) in [5.74, 6) is 0. The van der Waals surface area contributed by atoms with Gasteiger partial charge >= 0.3 is 6.18 Å². The summed E-state index contributed by atoms with van der Waals surface area (Å²) >= 11 is 0. The Morgan fingerprint density at radius 2 is 2.05 bits per heavy atom. The molecule has 0 aliphatic rings. The highest BCUT2D eigenvalue weighted by atomic mass is 19.4. The molecule has 1 aromatic carbocycles. The molecule has 0 aliphatic heterocycles. The first kappa shape index (κ1) is 14.1. The fourth-order valence-electron chi connectivity index (χ4n) is 1.84. The maximum atomic E-state index is 12.6. The van der Waals surface area contributed by atoms with Gasteiger partial charge in [0.1, 0.15) is 0 Å². The van der Waals surface area contributed by atoms with Gasteiger partial charge in [0.25, 0.3) is 6.47 Å². The largest absolute Gasteiger partial charge is 0.468 e. The van der Waals surface area contributed by atoms with E-state index in [2.05, 4.69) is 9.72 Å². The fraction of sp³-hybridized carbons (Fsp3) is 0.231. The SMILES string of the molecule is O=COCCc1c[nH]c2cc(C(F)(F)F)ccc2c1=O. The summed E-state index contributed by atoms with van der Waals surface area (Å²) in [4.78, 5) is 24.7. The van der Waals surface area contributed by atoms with Crippen molar-refractivity contribution < 1.29 is 22.7 Å². The third-order valence-corrected chi connectivity index (χ3v) is 2.84. The summed E-state index contributed by atoms with van der Waals surface area (Å²) in [6.45, 7) is 0.309. The van der Waals surface area contributed by atoms with Gasteiger partial charge < -0.3 is 9.72 Å². The summed E-state index contributed by atoms with van der Waals surface area (Å²) in [6.07, 6.45) is -2.93. The Morgan fingerprint density at radius 3 is 2.70 bits per heavy atom. The number of pyridine rings is 1. The highest BCUT2D eigenvalue weighted by Crippen LogP contribution is 2.30. The maximum absolute atomic E-state index is 12.6. The Labute approximate surface area is 111 Å². The molecule has 1 aromatic heterocycles. The minimum atomic E-state index is -4.46. The van der Waals surface area contributed by atoms with Gasteiger partial charge in [-0.1, -0.05) is 0 Å². The molecule has 2 rings (SSSR count). The molecule has 0 radical (unpaired) electrons. The van der Waals surface area contributed by atoms with Crippen LogP contribution in [0.3, 0.4) is 0 Å². The third kappa shape index (κ3) is 2.81. The number of halogens is 3. The van der Waals surface area contributed by atoms with Crippen LogP contribution < -0.4 is 5.43 Å². The van der Waals surface area contributed by atoms with Crippen LogP contribution in [0.4, 0.5) is 13.2 Å². The summed E-state index contributed by atoms with van der Waals surface area (Å²) < 4.78 is 42.2. The smallest absolute Gasteiger partial charge is 0.416 e. The Morgan fingerprint density at radius 1 is 1.30 bits per heavy atom. The molecule has 0 saturated carbocycles. The summed E-state index contributed by atoms with van der Waals surface area (Å²) in [7, 11) is 0. The molecule has 0 fully saturated rings. The molecular formula is C13H10F3NO3. The number of fused-ring (bicyclic) bond motifs is 1. The first-order valence-electron chi connectivity index (χ1n) is 5.70. The number of carbonyl (C=O) groups is 1. The highest BCUT2D eigenvalue weighted by molar-refractivity contribution is 5.79. The van der Waals surface area contributed by atoms with Gasteiger partial charge in [-0.3, -0.25) is 9.59 Å². The van der Waals surface area contributed by atoms with Gasteiger partial charge in [0.2, 0.25) is 0 Å². The molecular weight excluding hydrogens is 275 g/mol. The Hall–Kier alpha value is -2.31. The lowest BCUT2D eigenvalue weighted by atomic mass is 10.1. The van der Waals surface area contributed by atoms with Crippen LogP contribution >= 0.6 is 0 Å². The standard InChI is InChI=1S/C13H10F3NO3/c14-13(15,16)9-1-2-10-11(5-9)17-6-8(12(10)19)3-4-20-7-18/h1-2,5-7H,3-4H2,(H,17,19). The average molecular weight is 285 g/mol. The molecule has 0 saturated heterocycles. The number of nitrogens with one attached hydrogen (secondary N) is 1. The first-order chi connectivity index (χ1) is 9.43. The maximum Gasteiger partial charge on any atom is 0.416 e. The topological polar surface area (TPSA) is 59.2 Å². The van der Waals surface area contributed by atoms with Crippen molar-refractivity contribution >= 4 is 17.4 Å². The van der Waals surface area contributed by atoms with Crippen LogP contribution in [0.25, 0.3) is 10.9 Å². The number of aromatic nitrogens is 1. The number of aromatic amines is 1. The van der Waals surface area contributed by atoms with Gasteiger partial charge in [-0.2, -0.15) is 13.2 Å². The lowest BCUT2D eigenvalue weighted by molar-refractivity contribution is -0.137. The van der Waals surface area contributed by atoms with E-state index in [1.165, 1.54) is 6.20 Å². The molecule has 0 atom stereocenters. The molecule has 2 aromatic rings. The van der Waals surface area contributed by atoms with Gasteiger partial charge in [0, 0.05) is 29.1 Å². The number of benzene rings is 1. The van der Waals surface area contributed by atoms with Crippen molar-refractivity contribution in [2.75, 3.05) is 6.61 Å². The third-order valence-electron chi connectivity index (χ3n) is 2.84. The lowest BCUT2D eigenvalue weighted by Crippen LogP contribution is -2.13. The van der Waals surface area contributed by atoms with Crippen LogP contribution in [0.2, 0.25) is 0 Å². The molecule has 20 heavy (non-hydrogen) atoms. The van der Waals surface area contributed by atoms with Crippen molar-refractivity contribution in [1.29, 1.82) is 0 Å². The predicted octanol–water partition coefficient (Wildman–Crippen LogP) is 2.26. The molecule has 1 N–H and O–H groups in total. The molecule has 0 unspecified atom stereocenters. The Balaban J connectivity index is 2.42. The molecule has 0 aliphatic carbocycles.